The number of nitrogens with one attached hydrogen (secondary N) is 2. The Kier molecular flexibility index (Phi) is 4.66. The summed E-state index contributed by atoms with van der Waals surface area (Å²) in [5.74, 6) is 0.470. The van der Waals surface area contributed by atoms with Crippen molar-refractivity contribution in [2.24, 2.45) is 5.41 Å². The fourth-order valence-corrected chi connectivity index (χ4v) is 3.39. The van der Waals surface area contributed by atoms with Gasteiger partial charge >= 0.3 is 0 Å². The predicted molar refractivity (Wildman–Crippen MR) is 93.0 cm³/mol. The molecule has 1 amide bonds. The van der Waals surface area contributed by atoms with Crippen molar-refractivity contribution in [2.45, 2.75) is 31.5 Å². The molecule has 2 aliphatic rings. The van der Waals surface area contributed by atoms with Crippen molar-refractivity contribution in [1.29, 1.82) is 0 Å². The van der Waals surface area contributed by atoms with E-state index >= 15 is 0 Å². The number of carbonyl (C=O) groups is 1. The second kappa shape index (κ2) is 6.55. The summed E-state index contributed by atoms with van der Waals surface area (Å²) in [6, 6.07) is 3.91. The summed E-state index contributed by atoms with van der Waals surface area (Å²) < 4.78 is 6.13. The van der Waals surface area contributed by atoms with Crippen LogP contribution < -0.4 is 10.6 Å². The maximum absolute atomic E-state index is 12.5. The molecule has 1 saturated carbocycles. The van der Waals surface area contributed by atoms with Gasteiger partial charge in [0, 0.05) is 17.0 Å². The van der Waals surface area contributed by atoms with Crippen LogP contribution >= 0.6 is 15.9 Å². The molecule has 23 heavy (non-hydrogen) atoms. The first-order chi connectivity index (χ1) is 11.1. The molecule has 0 spiro atoms. The summed E-state index contributed by atoms with van der Waals surface area (Å²) in [4.78, 5) is 16.9. The summed E-state index contributed by atoms with van der Waals surface area (Å²) in [5, 5.41) is 6.28. The summed E-state index contributed by atoms with van der Waals surface area (Å²) in [6.45, 7) is 8.34. The lowest BCUT2D eigenvalue weighted by atomic mass is 10.00. The molecule has 3 rings (SSSR count). The van der Waals surface area contributed by atoms with Crippen LogP contribution in [0.3, 0.4) is 0 Å². The second-order valence-corrected chi connectivity index (χ2v) is 6.86. The highest BCUT2D eigenvalue weighted by Crippen LogP contribution is 2.55. The third-order valence-corrected chi connectivity index (χ3v) is 4.95. The van der Waals surface area contributed by atoms with E-state index in [1.165, 1.54) is 0 Å². The van der Waals surface area contributed by atoms with Gasteiger partial charge in [-0.25, -0.2) is 4.98 Å². The number of amides is 1. The number of nitrogens with zero attached hydrogens (tertiary/aromatic N) is 1. The predicted octanol–water partition coefficient (Wildman–Crippen LogP) is 2.79. The van der Waals surface area contributed by atoms with Crippen molar-refractivity contribution in [1.82, 2.24) is 10.3 Å². The minimum absolute atomic E-state index is 0.0611. The molecular formula is C17H20BrN3O2. The maximum Gasteiger partial charge on any atom is 0.242 e. The van der Waals surface area contributed by atoms with Gasteiger partial charge in [-0.1, -0.05) is 18.2 Å². The number of hydrogen-bond acceptors (Lipinski definition) is 4. The molecule has 5 nitrogen and oxygen atoms in total. The molecule has 1 aromatic rings. The fraction of sp³-hybridized carbons (Fsp3) is 0.412. The molecule has 1 saturated heterocycles. The molecule has 2 fully saturated rings. The number of carbonyl (C=O) groups excluding carboxylic acids is 1. The van der Waals surface area contributed by atoms with Crippen LogP contribution in [0.1, 0.15) is 18.4 Å². The van der Waals surface area contributed by atoms with Crippen LogP contribution in [0.15, 0.2) is 42.0 Å². The zero-order chi connectivity index (χ0) is 16.4. The lowest BCUT2D eigenvalue weighted by molar-refractivity contribution is -0.118. The van der Waals surface area contributed by atoms with E-state index in [4.69, 9.17) is 4.74 Å². The van der Waals surface area contributed by atoms with Crippen LogP contribution in [-0.4, -0.2) is 29.6 Å². The van der Waals surface area contributed by atoms with Gasteiger partial charge in [0.25, 0.3) is 0 Å². The second-order valence-electron chi connectivity index (χ2n) is 6.05. The van der Waals surface area contributed by atoms with E-state index in [0.29, 0.717) is 29.7 Å². The number of ether oxygens (including phenoxy) is 1. The lowest BCUT2D eigenvalue weighted by Crippen LogP contribution is -2.38. The van der Waals surface area contributed by atoms with Crippen molar-refractivity contribution >= 4 is 27.7 Å². The number of anilines is 1. The standard InChI is InChI=1S/C17H20BrN3O2/c1-3-7-23-10-11-5-6-14(18)20-15(11)21-16(22)12-8-17(4-2)9-13(17)19-12/h3-6,12-13,19H,1-2,7-10H2,(H,20,21,22). The Morgan fingerprint density at radius 2 is 2.35 bits per heavy atom. The number of fused-ring (bicyclic) bond motifs is 1. The monoisotopic (exact) mass is 377 g/mol. The molecule has 2 N–H and O–H groups in total. The Morgan fingerprint density at radius 3 is 3.04 bits per heavy atom. The first-order valence-corrected chi connectivity index (χ1v) is 8.42. The molecule has 3 unspecified atom stereocenters. The third kappa shape index (κ3) is 3.39. The van der Waals surface area contributed by atoms with E-state index in [0.717, 1.165) is 18.4 Å². The van der Waals surface area contributed by atoms with Gasteiger partial charge in [-0.2, -0.15) is 0 Å². The minimum Gasteiger partial charge on any atom is -0.373 e. The van der Waals surface area contributed by atoms with Crippen LogP contribution in [0.5, 0.6) is 0 Å². The fourth-order valence-electron chi connectivity index (χ4n) is 3.08. The van der Waals surface area contributed by atoms with Gasteiger partial charge in [-0.05, 0) is 34.8 Å². The number of rotatable bonds is 7. The molecule has 3 atom stereocenters. The molecule has 2 heterocycles. The van der Waals surface area contributed by atoms with Gasteiger partial charge in [-0.15, -0.1) is 13.2 Å². The molecule has 1 aliphatic heterocycles. The first kappa shape index (κ1) is 16.4. The summed E-state index contributed by atoms with van der Waals surface area (Å²) in [7, 11) is 0. The summed E-state index contributed by atoms with van der Waals surface area (Å²) in [5.41, 5.74) is 0.952. The SMILES string of the molecule is C=CCOCc1ccc(Br)nc1NC(=O)C1CC2(C=C)CC2N1. The highest BCUT2D eigenvalue weighted by Gasteiger charge is 2.59. The van der Waals surface area contributed by atoms with Crippen LogP contribution in [0.25, 0.3) is 0 Å². The van der Waals surface area contributed by atoms with Crippen molar-refractivity contribution < 1.29 is 9.53 Å². The third-order valence-electron chi connectivity index (χ3n) is 4.51. The highest BCUT2D eigenvalue weighted by molar-refractivity contribution is 9.10. The molecule has 0 bridgehead atoms. The Hall–Kier alpha value is -1.50. The maximum atomic E-state index is 12.5. The first-order valence-electron chi connectivity index (χ1n) is 7.62. The lowest BCUT2D eigenvalue weighted by Gasteiger charge is -2.16. The van der Waals surface area contributed by atoms with Crippen LogP contribution in [0, 0.1) is 5.41 Å². The van der Waals surface area contributed by atoms with Gasteiger partial charge in [-0.3, -0.25) is 4.79 Å². The van der Waals surface area contributed by atoms with Gasteiger partial charge in [0.15, 0.2) is 0 Å². The van der Waals surface area contributed by atoms with Gasteiger partial charge in [0.1, 0.15) is 10.4 Å². The van der Waals surface area contributed by atoms with E-state index < -0.39 is 0 Å². The van der Waals surface area contributed by atoms with Gasteiger partial charge in [0.05, 0.1) is 19.3 Å². The Morgan fingerprint density at radius 1 is 1.52 bits per heavy atom. The average Bonchev–Trinajstić information content (AvgIpc) is 3.10. The number of piperidine rings is 1. The number of halogens is 1. The van der Waals surface area contributed by atoms with Gasteiger partial charge < -0.3 is 15.4 Å². The quantitative estimate of drug-likeness (QED) is 0.435. The normalized spacial score (nSPS) is 28.0. The van der Waals surface area contributed by atoms with E-state index in [9.17, 15) is 4.79 Å². The van der Waals surface area contributed by atoms with Crippen LogP contribution in [0.4, 0.5) is 5.82 Å². The van der Waals surface area contributed by atoms with E-state index in [-0.39, 0.29) is 17.4 Å². The molecule has 0 radical (unpaired) electrons. The number of aromatic nitrogens is 1. The smallest absolute Gasteiger partial charge is 0.242 e. The van der Waals surface area contributed by atoms with Crippen molar-refractivity contribution in [3.8, 4) is 0 Å². The average molecular weight is 378 g/mol. The molecule has 1 aromatic heterocycles. The minimum atomic E-state index is -0.200. The Labute approximate surface area is 144 Å². The molecule has 6 heteroatoms. The molecule has 1 aliphatic carbocycles. The number of pyridine rings is 1. The van der Waals surface area contributed by atoms with Gasteiger partial charge in [0.2, 0.25) is 5.91 Å². The zero-order valence-corrected chi connectivity index (χ0v) is 14.4. The summed E-state index contributed by atoms with van der Waals surface area (Å²) >= 11 is 3.34. The zero-order valence-electron chi connectivity index (χ0n) is 12.8. The summed E-state index contributed by atoms with van der Waals surface area (Å²) in [6.07, 6.45) is 5.54. The Balaban J connectivity index is 1.67. The van der Waals surface area contributed by atoms with E-state index in [2.05, 4.69) is 44.7 Å². The van der Waals surface area contributed by atoms with Crippen LogP contribution in [0.2, 0.25) is 0 Å². The van der Waals surface area contributed by atoms with Crippen molar-refractivity contribution in [3.63, 3.8) is 0 Å². The molecule has 0 aromatic carbocycles. The van der Waals surface area contributed by atoms with Crippen LogP contribution in [-0.2, 0) is 16.1 Å². The Bertz CT molecular complexity index is 649. The van der Waals surface area contributed by atoms with Crippen molar-refractivity contribution in [2.75, 3.05) is 11.9 Å². The number of hydrogen-bond donors (Lipinski definition) is 2. The molecule has 122 valence electrons. The topological polar surface area (TPSA) is 63.2 Å². The van der Waals surface area contributed by atoms with E-state index in [1.807, 2.05) is 18.2 Å². The highest BCUT2D eigenvalue weighted by atomic mass is 79.9. The van der Waals surface area contributed by atoms with E-state index in [1.54, 1.807) is 6.08 Å². The van der Waals surface area contributed by atoms with Crippen molar-refractivity contribution in [3.05, 3.63) is 47.6 Å². The molecular weight excluding hydrogens is 358 g/mol. The largest absolute Gasteiger partial charge is 0.373 e.